The number of ether oxygens (including phenoxy) is 1. The van der Waals surface area contributed by atoms with Gasteiger partial charge in [-0.15, -0.1) is 0 Å². The Hall–Kier alpha value is -3.68. The van der Waals surface area contributed by atoms with Crippen LogP contribution < -0.4 is 0 Å². The van der Waals surface area contributed by atoms with Crippen LogP contribution in [0.1, 0.15) is 41.9 Å². The Labute approximate surface area is 197 Å². The van der Waals surface area contributed by atoms with Crippen molar-refractivity contribution in [2.45, 2.75) is 30.6 Å². The molecule has 9 nitrogen and oxygen atoms in total. The van der Waals surface area contributed by atoms with Crippen molar-refractivity contribution < 1.29 is 23.1 Å². The average molecular weight is 481 g/mol. The molecule has 0 atom stereocenters. The molecule has 3 aromatic rings. The SMILES string of the molecule is N#C/C(=C(/O)COC(=O)c1cccc(S(=O)(=O)N2CCCCCC2)c1)c1nc2ccccc2[nH]1. The lowest BCUT2D eigenvalue weighted by atomic mass is 10.2. The van der Waals surface area contributed by atoms with E-state index in [2.05, 4.69) is 9.97 Å². The van der Waals surface area contributed by atoms with Gasteiger partial charge in [-0.1, -0.05) is 31.0 Å². The number of hydrogen-bond donors (Lipinski definition) is 2. The van der Waals surface area contributed by atoms with Crippen LogP contribution in [-0.2, 0) is 14.8 Å². The molecule has 1 saturated heterocycles. The average Bonchev–Trinajstić information content (AvgIpc) is 3.07. The highest BCUT2D eigenvalue weighted by Crippen LogP contribution is 2.22. The van der Waals surface area contributed by atoms with Gasteiger partial charge in [0, 0.05) is 13.1 Å². The highest BCUT2D eigenvalue weighted by molar-refractivity contribution is 7.89. The maximum Gasteiger partial charge on any atom is 0.338 e. The van der Waals surface area contributed by atoms with E-state index in [1.165, 1.54) is 28.6 Å². The summed E-state index contributed by atoms with van der Waals surface area (Å²) in [6, 6.07) is 14.7. The van der Waals surface area contributed by atoms with Gasteiger partial charge in [0.2, 0.25) is 10.0 Å². The number of aliphatic hydroxyl groups excluding tert-OH is 1. The third kappa shape index (κ3) is 4.95. The normalized spacial score (nSPS) is 15.9. The summed E-state index contributed by atoms with van der Waals surface area (Å²) in [5.74, 6) is -1.13. The van der Waals surface area contributed by atoms with Crippen LogP contribution in [-0.4, -0.2) is 53.5 Å². The lowest BCUT2D eigenvalue weighted by Crippen LogP contribution is -2.32. The van der Waals surface area contributed by atoms with E-state index in [4.69, 9.17) is 4.74 Å². The molecular formula is C24H24N4O5S. The van der Waals surface area contributed by atoms with Crippen LogP contribution in [0.25, 0.3) is 16.6 Å². The summed E-state index contributed by atoms with van der Waals surface area (Å²) in [4.78, 5) is 19.8. The molecule has 1 aliphatic heterocycles. The number of aromatic nitrogens is 2. The minimum absolute atomic E-state index is 0.0172. The van der Waals surface area contributed by atoms with E-state index in [9.17, 15) is 23.6 Å². The number of carbonyl (C=O) groups is 1. The van der Waals surface area contributed by atoms with Crippen LogP contribution in [0.3, 0.4) is 0 Å². The number of sulfonamides is 1. The number of nitrogens with one attached hydrogen (secondary N) is 1. The molecule has 4 rings (SSSR count). The number of allylic oxidation sites excluding steroid dienone is 1. The molecule has 2 heterocycles. The molecule has 1 aliphatic rings. The smallest absolute Gasteiger partial charge is 0.338 e. The zero-order valence-electron chi connectivity index (χ0n) is 18.4. The Morgan fingerprint density at radius 2 is 1.85 bits per heavy atom. The minimum Gasteiger partial charge on any atom is -0.507 e. The number of aliphatic hydroxyl groups is 1. The number of benzene rings is 2. The minimum atomic E-state index is -3.73. The molecule has 1 fully saturated rings. The standard InChI is InChI=1S/C24H24N4O5S/c25-15-19(23-26-20-10-3-4-11-21(20)27-23)22(29)16-33-24(30)17-8-7-9-18(14-17)34(31,32)28-12-5-1-2-6-13-28/h3-4,7-11,14,29H,1-2,5-6,12-13,16H2,(H,26,27)/b22-19-. The number of imidazole rings is 1. The number of hydrogen-bond acceptors (Lipinski definition) is 7. The Kier molecular flexibility index (Phi) is 6.95. The van der Waals surface area contributed by atoms with Gasteiger partial charge in [0.05, 0.1) is 21.5 Å². The molecular weight excluding hydrogens is 456 g/mol. The summed E-state index contributed by atoms with van der Waals surface area (Å²) in [6.45, 7) is 0.338. The molecule has 2 aromatic carbocycles. The third-order valence-corrected chi connectivity index (χ3v) is 7.53. The number of esters is 1. The molecule has 0 radical (unpaired) electrons. The Morgan fingerprint density at radius 1 is 1.12 bits per heavy atom. The van der Waals surface area contributed by atoms with E-state index in [-0.39, 0.29) is 21.9 Å². The van der Waals surface area contributed by atoms with Gasteiger partial charge < -0.3 is 14.8 Å². The second-order valence-corrected chi connectivity index (χ2v) is 9.90. The second kappa shape index (κ2) is 10.1. The van der Waals surface area contributed by atoms with Gasteiger partial charge in [0.15, 0.2) is 11.6 Å². The predicted molar refractivity (Wildman–Crippen MR) is 125 cm³/mol. The van der Waals surface area contributed by atoms with Crippen LogP contribution >= 0.6 is 0 Å². The van der Waals surface area contributed by atoms with Gasteiger partial charge in [-0.05, 0) is 43.2 Å². The summed E-state index contributed by atoms with van der Waals surface area (Å²) < 4.78 is 32.6. The molecule has 0 unspecified atom stereocenters. The van der Waals surface area contributed by atoms with Crippen molar-refractivity contribution in [3.63, 3.8) is 0 Å². The number of nitrogens with zero attached hydrogens (tertiary/aromatic N) is 3. The molecule has 0 bridgehead atoms. The van der Waals surface area contributed by atoms with E-state index in [0.29, 0.717) is 24.1 Å². The topological polar surface area (TPSA) is 136 Å². The fourth-order valence-electron chi connectivity index (χ4n) is 3.83. The first-order chi connectivity index (χ1) is 16.4. The molecule has 0 amide bonds. The lowest BCUT2D eigenvalue weighted by molar-refractivity contribution is 0.0502. The van der Waals surface area contributed by atoms with Crippen molar-refractivity contribution in [2.75, 3.05) is 19.7 Å². The summed E-state index contributed by atoms with van der Waals surface area (Å²) in [5.41, 5.74) is 1.20. The maximum atomic E-state index is 13.0. The number of rotatable bonds is 6. The summed E-state index contributed by atoms with van der Waals surface area (Å²) >= 11 is 0. The van der Waals surface area contributed by atoms with Crippen molar-refractivity contribution in [1.29, 1.82) is 5.26 Å². The van der Waals surface area contributed by atoms with E-state index >= 15 is 0 Å². The van der Waals surface area contributed by atoms with Gasteiger partial charge in [-0.25, -0.2) is 18.2 Å². The van der Waals surface area contributed by atoms with Crippen LogP contribution in [0, 0.1) is 11.3 Å². The fourth-order valence-corrected chi connectivity index (χ4v) is 5.39. The van der Waals surface area contributed by atoms with Gasteiger partial charge in [-0.3, -0.25) is 0 Å². The summed E-state index contributed by atoms with van der Waals surface area (Å²) in [7, 11) is -3.73. The van der Waals surface area contributed by atoms with Gasteiger partial charge in [0.25, 0.3) is 0 Å². The van der Waals surface area contributed by atoms with Crippen LogP contribution in [0.5, 0.6) is 0 Å². The zero-order valence-corrected chi connectivity index (χ0v) is 19.2. The first kappa shape index (κ1) is 23.5. The van der Waals surface area contributed by atoms with E-state index in [1.807, 2.05) is 12.1 Å². The molecule has 1 aromatic heterocycles. The van der Waals surface area contributed by atoms with Crippen LogP contribution in [0.2, 0.25) is 0 Å². The maximum absolute atomic E-state index is 13.0. The third-order valence-electron chi connectivity index (χ3n) is 5.64. The van der Waals surface area contributed by atoms with Crippen molar-refractivity contribution >= 4 is 32.6 Å². The van der Waals surface area contributed by atoms with Crippen molar-refractivity contribution in [1.82, 2.24) is 14.3 Å². The lowest BCUT2D eigenvalue weighted by Gasteiger charge is -2.20. The highest BCUT2D eigenvalue weighted by Gasteiger charge is 2.26. The number of carbonyl (C=O) groups excluding carboxylic acids is 1. The quantitative estimate of drug-likeness (QED) is 0.311. The Morgan fingerprint density at radius 3 is 2.56 bits per heavy atom. The largest absolute Gasteiger partial charge is 0.507 e. The molecule has 176 valence electrons. The van der Waals surface area contributed by atoms with E-state index in [1.54, 1.807) is 18.2 Å². The Balaban J connectivity index is 1.50. The molecule has 34 heavy (non-hydrogen) atoms. The van der Waals surface area contributed by atoms with E-state index < -0.39 is 28.4 Å². The first-order valence-corrected chi connectivity index (χ1v) is 12.4. The molecule has 0 saturated carbocycles. The first-order valence-electron chi connectivity index (χ1n) is 10.9. The van der Waals surface area contributed by atoms with Crippen molar-refractivity contribution in [3.05, 3.63) is 65.7 Å². The molecule has 2 N–H and O–H groups in total. The predicted octanol–water partition coefficient (Wildman–Crippen LogP) is 3.78. The number of nitriles is 1. The fraction of sp³-hybridized carbons (Fsp3) is 0.292. The zero-order chi connectivity index (χ0) is 24.1. The number of H-pyrrole nitrogens is 1. The summed E-state index contributed by atoms with van der Waals surface area (Å²) in [5, 5.41) is 19.9. The number of fused-ring (bicyclic) bond motifs is 1. The number of aromatic amines is 1. The van der Waals surface area contributed by atoms with Gasteiger partial charge in [-0.2, -0.15) is 9.57 Å². The van der Waals surface area contributed by atoms with Crippen molar-refractivity contribution in [3.8, 4) is 6.07 Å². The highest BCUT2D eigenvalue weighted by atomic mass is 32.2. The van der Waals surface area contributed by atoms with Gasteiger partial charge >= 0.3 is 5.97 Å². The molecule has 0 spiro atoms. The Bertz CT molecular complexity index is 1350. The molecule has 10 heteroatoms. The van der Waals surface area contributed by atoms with E-state index in [0.717, 1.165) is 25.7 Å². The molecule has 0 aliphatic carbocycles. The number of para-hydroxylation sites is 2. The van der Waals surface area contributed by atoms with Crippen molar-refractivity contribution in [2.24, 2.45) is 0 Å². The second-order valence-electron chi connectivity index (χ2n) is 7.96. The van der Waals surface area contributed by atoms with Crippen LogP contribution in [0.15, 0.2) is 59.2 Å². The van der Waals surface area contributed by atoms with Crippen LogP contribution in [0.4, 0.5) is 0 Å². The monoisotopic (exact) mass is 480 g/mol. The summed E-state index contributed by atoms with van der Waals surface area (Å²) in [6.07, 6.45) is 3.60. The van der Waals surface area contributed by atoms with Gasteiger partial charge in [0.1, 0.15) is 18.2 Å².